The van der Waals surface area contributed by atoms with E-state index >= 15 is 0 Å². The highest BCUT2D eigenvalue weighted by molar-refractivity contribution is 5.92. The molecule has 172 valence electrons. The van der Waals surface area contributed by atoms with Gasteiger partial charge in [-0.1, -0.05) is 6.07 Å². The largest absolute Gasteiger partial charge is 0.418 e. The van der Waals surface area contributed by atoms with Crippen LogP contribution in [0, 0.1) is 0 Å². The van der Waals surface area contributed by atoms with E-state index in [2.05, 4.69) is 10.4 Å². The average Bonchev–Trinajstić information content (AvgIpc) is 3.53. The molecule has 1 N–H and O–H groups in total. The van der Waals surface area contributed by atoms with Crippen molar-refractivity contribution < 1.29 is 22.8 Å². The van der Waals surface area contributed by atoms with Crippen molar-refractivity contribution in [1.29, 1.82) is 0 Å². The number of benzene rings is 1. The summed E-state index contributed by atoms with van der Waals surface area (Å²) in [7, 11) is 1.68. The average molecular weight is 449 g/mol. The van der Waals surface area contributed by atoms with Crippen LogP contribution in [0.2, 0.25) is 0 Å². The predicted octanol–water partition coefficient (Wildman–Crippen LogP) is 2.91. The summed E-state index contributed by atoms with van der Waals surface area (Å²) in [6.45, 7) is 2.88. The number of hydrogen-bond donors (Lipinski definition) is 1. The van der Waals surface area contributed by atoms with Crippen molar-refractivity contribution in [2.24, 2.45) is 7.05 Å². The molecule has 7 nitrogen and oxygen atoms in total. The van der Waals surface area contributed by atoms with Crippen LogP contribution in [-0.2, 0) is 24.6 Å². The van der Waals surface area contributed by atoms with Crippen LogP contribution < -0.4 is 10.2 Å². The minimum atomic E-state index is -4.53. The zero-order valence-electron chi connectivity index (χ0n) is 18.1. The Balaban J connectivity index is 1.47. The molecule has 0 radical (unpaired) electrons. The number of aromatic nitrogens is 2. The van der Waals surface area contributed by atoms with E-state index in [4.69, 9.17) is 0 Å². The molecule has 32 heavy (non-hydrogen) atoms. The Labute approximate surface area is 184 Å². The van der Waals surface area contributed by atoms with Crippen LogP contribution in [0.5, 0.6) is 0 Å². The highest BCUT2D eigenvalue weighted by Crippen LogP contribution is 2.39. The van der Waals surface area contributed by atoms with Gasteiger partial charge in [-0.05, 0) is 36.6 Å². The number of nitrogens with zero attached hydrogens (tertiary/aromatic N) is 4. The van der Waals surface area contributed by atoms with Gasteiger partial charge in [0.2, 0.25) is 5.91 Å². The van der Waals surface area contributed by atoms with E-state index in [0.29, 0.717) is 43.4 Å². The summed E-state index contributed by atoms with van der Waals surface area (Å²) in [6, 6.07) is 5.88. The van der Waals surface area contributed by atoms with Gasteiger partial charge in [-0.15, -0.1) is 0 Å². The second-order valence-corrected chi connectivity index (χ2v) is 8.38. The van der Waals surface area contributed by atoms with Gasteiger partial charge in [0.1, 0.15) is 5.69 Å². The van der Waals surface area contributed by atoms with Gasteiger partial charge in [-0.25, -0.2) is 0 Å². The number of hydrogen-bond acceptors (Lipinski definition) is 4. The van der Waals surface area contributed by atoms with Crippen molar-refractivity contribution in [3.8, 4) is 0 Å². The molecule has 1 aliphatic carbocycles. The first-order valence-corrected chi connectivity index (χ1v) is 10.7. The minimum absolute atomic E-state index is 0.0236. The van der Waals surface area contributed by atoms with Crippen molar-refractivity contribution in [3.05, 3.63) is 46.8 Å². The summed E-state index contributed by atoms with van der Waals surface area (Å²) in [5.74, 6) is -0.0451. The number of anilines is 1. The Bertz CT molecular complexity index is 1020. The van der Waals surface area contributed by atoms with Gasteiger partial charge >= 0.3 is 6.18 Å². The maximum absolute atomic E-state index is 13.8. The lowest BCUT2D eigenvalue weighted by Crippen LogP contribution is -2.48. The number of piperazine rings is 1. The lowest BCUT2D eigenvalue weighted by atomic mass is 10.1. The van der Waals surface area contributed by atoms with Crippen LogP contribution >= 0.6 is 0 Å². The molecular weight excluding hydrogens is 423 g/mol. The highest BCUT2D eigenvalue weighted by atomic mass is 19.4. The number of nitrogens with one attached hydrogen (secondary N) is 1. The molecule has 0 atom stereocenters. The summed E-state index contributed by atoms with van der Waals surface area (Å²) < 4.78 is 42.9. The molecule has 0 spiro atoms. The third-order valence-corrected chi connectivity index (χ3v) is 6.01. The summed E-state index contributed by atoms with van der Waals surface area (Å²) >= 11 is 0. The molecule has 1 saturated carbocycles. The lowest BCUT2D eigenvalue weighted by Gasteiger charge is -2.36. The van der Waals surface area contributed by atoms with E-state index in [1.807, 2.05) is 0 Å². The Kier molecular flexibility index (Phi) is 5.87. The van der Waals surface area contributed by atoms with E-state index < -0.39 is 11.7 Å². The van der Waals surface area contributed by atoms with Crippen LogP contribution in [0.1, 0.15) is 53.0 Å². The first kappa shape index (κ1) is 22.2. The number of rotatable bonds is 5. The lowest BCUT2D eigenvalue weighted by molar-refractivity contribution is -0.137. The van der Waals surface area contributed by atoms with Crippen molar-refractivity contribution in [2.45, 2.75) is 38.4 Å². The topological polar surface area (TPSA) is 70.5 Å². The number of carbonyl (C=O) groups is 2. The molecule has 0 unspecified atom stereocenters. The summed E-state index contributed by atoms with van der Waals surface area (Å²) in [6.07, 6.45) is -2.41. The predicted molar refractivity (Wildman–Crippen MR) is 112 cm³/mol. The van der Waals surface area contributed by atoms with Crippen molar-refractivity contribution >= 4 is 17.5 Å². The van der Waals surface area contributed by atoms with Gasteiger partial charge < -0.3 is 15.1 Å². The second kappa shape index (κ2) is 8.48. The maximum Gasteiger partial charge on any atom is 0.418 e. The summed E-state index contributed by atoms with van der Waals surface area (Å²) in [4.78, 5) is 27.3. The molecule has 0 bridgehead atoms. The van der Waals surface area contributed by atoms with Gasteiger partial charge in [0, 0.05) is 58.3 Å². The Hall–Kier alpha value is -3.04. The van der Waals surface area contributed by atoms with Gasteiger partial charge in [-0.3, -0.25) is 14.3 Å². The van der Waals surface area contributed by atoms with Crippen LogP contribution in [-0.4, -0.2) is 52.7 Å². The third kappa shape index (κ3) is 4.73. The zero-order chi connectivity index (χ0) is 23.0. The van der Waals surface area contributed by atoms with Gasteiger partial charge in [0.05, 0.1) is 11.3 Å². The fourth-order valence-electron chi connectivity index (χ4n) is 4.01. The molecule has 2 aromatic rings. The molecular formula is C22H26F3N5O2. The molecule has 2 amide bonds. The molecule has 1 aromatic heterocycles. The van der Waals surface area contributed by atoms with E-state index in [9.17, 15) is 22.8 Å². The van der Waals surface area contributed by atoms with E-state index in [1.54, 1.807) is 29.0 Å². The van der Waals surface area contributed by atoms with Crippen molar-refractivity contribution in [2.75, 3.05) is 31.1 Å². The monoisotopic (exact) mass is 449 g/mol. The van der Waals surface area contributed by atoms with E-state index in [-0.39, 0.29) is 24.0 Å². The summed E-state index contributed by atoms with van der Waals surface area (Å²) in [5.41, 5.74) is 0.990. The third-order valence-electron chi connectivity index (χ3n) is 6.01. The molecule has 1 saturated heterocycles. The molecule has 10 heteroatoms. The maximum atomic E-state index is 13.8. The van der Waals surface area contributed by atoms with Crippen LogP contribution in [0.25, 0.3) is 0 Å². The Morgan fingerprint density at radius 3 is 2.41 bits per heavy atom. The van der Waals surface area contributed by atoms with E-state index in [0.717, 1.165) is 24.6 Å². The fourth-order valence-corrected chi connectivity index (χ4v) is 4.01. The number of aryl methyl sites for hydroxylation is 1. The fraction of sp³-hybridized carbons (Fsp3) is 0.500. The molecule has 2 heterocycles. The first-order valence-electron chi connectivity index (χ1n) is 10.7. The van der Waals surface area contributed by atoms with Crippen molar-refractivity contribution in [3.63, 3.8) is 0 Å². The molecule has 4 rings (SSSR count). The Morgan fingerprint density at radius 2 is 1.81 bits per heavy atom. The molecule has 1 aliphatic heterocycles. The van der Waals surface area contributed by atoms with Crippen LogP contribution in [0.3, 0.4) is 0 Å². The summed E-state index contributed by atoms with van der Waals surface area (Å²) in [5, 5.41) is 7.05. The second-order valence-electron chi connectivity index (χ2n) is 8.38. The van der Waals surface area contributed by atoms with Crippen molar-refractivity contribution in [1.82, 2.24) is 20.0 Å². The minimum Gasteiger partial charge on any atom is -0.367 e. The van der Waals surface area contributed by atoms with Gasteiger partial charge in [0.25, 0.3) is 5.91 Å². The standard InChI is InChI=1S/C22H26F3N5O2/c1-14(31)29-7-9-30(10-8-29)19-6-3-15(11-17(19)22(23,24)25)13-26-21(32)20-12-18(16-4-5-16)27-28(20)2/h3,6,11-12,16H,4-5,7-10,13H2,1-2H3,(H,26,32). The van der Waals surface area contributed by atoms with Crippen LogP contribution in [0.4, 0.5) is 18.9 Å². The first-order chi connectivity index (χ1) is 15.1. The number of amides is 2. The van der Waals surface area contributed by atoms with E-state index in [1.165, 1.54) is 17.7 Å². The smallest absolute Gasteiger partial charge is 0.367 e. The normalized spacial score (nSPS) is 16.9. The van der Waals surface area contributed by atoms with Gasteiger partial charge in [0.15, 0.2) is 0 Å². The quantitative estimate of drug-likeness (QED) is 0.762. The SMILES string of the molecule is CC(=O)N1CCN(c2ccc(CNC(=O)c3cc(C4CC4)nn3C)cc2C(F)(F)F)CC1. The molecule has 2 aliphatic rings. The zero-order valence-corrected chi connectivity index (χ0v) is 18.1. The highest BCUT2D eigenvalue weighted by Gasteiger charge is 2.36. The Morgan fingerprint density at radius 1 is 1.12 bits per heavy atom. The number of halogens is 3. The number of carbonyl (C=O) groups excluding carboxylic acids is 2. The molecule has 1 aromatic carbocycles. The molecule has 2 fully saturated rings. The van der Waals surface area contributed by atoms with Gasteiger partial charge in [-0.2, -0.15) is 18.3 Å². The van der Waals surface area contributed by atoms with Crippen LogP contribution in [0.15, 0.2) is 24.3 Å². The number of alkyl halides is 3.